The van der Waals surface area contributed by atoms with Crippen LogP contribution in [0.5, 0.6) is 0 Å². The lowest BCUT2D eigenvalue weighted by molar-refractivity contribution is -0.0295. The van der Waals surface area contributed by atoms with Crippen molar-refractivity contribution in [2.75, 3.05) is 13.1 Å². The number of pyridine rings is 1. The molecule has 0 aliphatic heterocycles. The van der Waals surface area contributed by atoms with E-state index >= 15 is 0 Å². The standard InChI is InChI=1S/C37H56N2O2/c1-5-7-9-11-24-39(25-12-10-8-6-2)35(40)41-30-19-21-36(3)29(26-30)15-16-31-33-18-17-32(28-14-13-23-38-27-28)37(33,4)22-20-34(31)36/h13-15,17,23,27,30-31,33-34H,5-12,16,18-22,24-26H2,1-4H3. The van der Waals surface area contributed by atoms with E-state index in [1.165, 1.54) is 69.8 Å². The van der Waals surface area contributed by atoms with Gasteiger partial charge in [0, 0.05) is 31.9 Å². The number of carbonyl (C=O) groups excluding carboxylic acids is 1. The Kier molecular flexibility index (Phi) is 9.97. The van der Waals surface area contributed by atoms with Gasteiger partial charge in [-0.25, -0.2) is 4.79 Å². The molecular weight excluding hydrogens is 504 g/mol. The molecule has 0 bridgehead atoms. The molecular formula is C37H56N2O2. The summed E-state index contributed by atoms with van der Waals surface area (Å²) in [4.78, 5) is 19.9. The van der Waals surface area contributed by atoms with Gasteiger partial charge in [-0.05, 0) is 97.2 Å². The molecule has 41 heavy (non-hydrogen) atoms. The van der Waals surface area contributed by atoms with Crippen LogP contribution in [0.4, 0.5) is 4.79 Å². The van der Waals surface area contributed by atoms with Crippen molar-refractivity contribution in [2.45, 2.75) is 130 Å². The third-order valence-electron chi connectivity index (χ3n) is 11.7. The fourth-order valence-electron chi connectivity index (χ4n) is 9.24. The number of ether oxygens (including phenoxy) is 1. The first-order valence-corrected chi connectivity index (χ1v) is 17.2. The number of amides is 1. The molecule has 6 atom stereocenters. The van der Waals surface area contributed by atoms with Crippen molar-refractivity contribution < 1.29 is 9.53 Å². The first-order valence-electron chi connectivity index (χ1n) is 17.2. The van der Waals surface area contributed by atoms with Gasteiger partial charge in [-0.15, -0.1) is 0 Å². The van der Waals surface area contributed by atoms with Gasteiger partial charge in [0.1, 0.15) is 6.10 Å². The summed E-state index contributed by atoms with van der Waals surface area (Å²) >= 11 is 0. The van der Waals surface area contributed by atoms with Crippen molar-refractivity contribution >= 4 is 11.7 Å². The zero-order chi connectivity index (χ0) is 28.9. The predicted octanol–water partition coefficient (Wildman–Crippen LogP) is 10.0. The Balaban J connectivity index is 1.22. The van der Waals surface area contributed by atoms with Gasteiger partial charge in [0.25, 0.3) is 0 Å². The van der Waals surface area contributed by atoms with Crippen LogP contribution in [0.25, 0.3) is 5.57 Å². The topological polar surface area (TPSA) is 42.4 Å². The first-order chi connectivity index (χ1) is 19.9. The number of hydrogen-bond acceptors (Lipinski definition) is 3. The number of fused-ring (bicyclic) bond motifs is 5. The largest absolute Gasteiger partial charge is 0.446 e. The average Bonchev–Trinajstić information content (AvgIpc) is 3.34. The molecule has 1 aromatic heterocycles. The summed E-state index contributed by atoms with van der Waals surface area (Å²) in [7, 11) is 0. The molecule has 4 aliphatic rings. The number of nitrogens with zero attached hydrogens (tertiary/aromatic N) is 2. The molecule has 4 nitrogen and oxygen atoms in total. The Hall–Kier alpha value is -2.10. The van der Waals surface area contributed by atoms with Crippen LogP contribution in [0, 0.1) is 28.6 Å². The van der Waals surface area contributed by atoms with Crippen molar-refractivity contribution in [3.63, 3.8) is 0 Å². The van der Waals surface area contributed by atoms with Crippen molar-refractivity contribution in [1.29, 1.82) is 0 Å². The molecule has 2 saturated carbocycles. The Bertz CT molecular complexity index is 1070. The van der Waals surface area contributed by atoms with Crippen molar-refractivity contribution in [3.05, 3.63) is 47.8 Å². The molecule has 1 aromatic rings. The highest BCUT2D eigenvalue weighted by Gasteiger charge is 2.57. The van der Waals surface area contributed by atoms with E-state index < -0.39 is 0 Å². The molecule has 0 aromatic carbocycles. The minimum atomic E-state index is -0.0609. The van der Waals surface area contributed by atoms with Gasteiger partial charge in [-0.2, -0.15) is 0 Å². The SMILES string of the molecule is CCCCCCN(CCCCCC)C(=O)OC1CCC2(C)C(=CCC3C2CCC2(C)C(c4cccnc4)=CCC32)C1. The molecule has 0 saturated heterocycles. The second-order valence-corrected chi connectivity index (χ2v) is 14.2. The maximum Gasteiger partial charge on any atom is 0.410 e. The maximum atomic E-state index is 13.4. The monoisotopic (exact) mass is 560 g/mol. The van der Waals surface area contributed by atoms with Crippen LogP contribution < -0.4 is 0 Å². The molecule has 2 fully saturated rings. The molecule has 1 amide bonds. The van der Waals surface area contributed by atoms with Crippen LogP contribution in [0.15, 0.2) is 42.3 Å². The third kappa shape index (κ3) is 6.32. The van der Waals surface area contributed by atoms with Gasteiger partial charge in [0.05, 0.1) is 0 Å². The van der Waals surface area contributed by atoms with Crippen LogP contribution >= 0.6 is 0 Å². The van der Waals surface area contributed by atoms with Gasteiger partial charge in [-0.1, -0.05) is 90.0 Å². The summed E-state index contributed by atoms with van der Waals surface area (Å²) < 4.78 is 6.28. The van der Waals surface area contributed by atoms with Crippen LogP contribution in [0.2, 0.25) is 0 Å². The van der Waals surface area contributed by atoms with Crippen LogP contribution in [0.3, 0.4) is 0 Å². The zero-order valence-electron chi connectivity index (χ0n) is 26.5. The second kappa shape index (κ2) is 13.5. The van der Waals surface area contributed by atoms with E-state index in [1.54, 1.807) is 11.1 Å². The van der Waals surface area contributed by atoms with E-state index in [0.717, 1.165) is 62.9 Å². The molecule has 0 radical (unpaired) electrons. The summed E-state index contributed by atoms with van der Waals surface area (Å²) in [6, 6.07) is 4.33. The van der Waals surface area contributed by atoms with E-state index in [4.69, 9.17) is 4.74 Å². The summed E-state index contributed by atoms with van der Waals surface area (Å²) in [5.74, 6) is 2.21. The van der Waals surface area contributed by atoms with Gasteiger partial charge < -0.3 is 9.64 Å². The second-order valence-electron chi connectivity index (χ2n) is 14.2. The lowest BCUT2D eigenvalue weighted by atomic mass is 9.47. The minimum Gasteiger partial charge on any atom is -0.446 e. The van der Waals surface area contributed by atoms with E-state index in [1.807, 2.05) is 11.1 Å². The molecule has 5 rings (SSSR count). The van der Waals surface area contributed by atoms with Gasteiger partial charge in [0.2, 0.25) is 0 Å². The predicted molar refractivity (Wildman–Crippen MR) is 169 cm³/mol. The van der Waals surface area contributed by atoms with E-state index in [9.17, 15) is 4.79 Å². The summed E-state index contributed by atoms with van der Waals surface area (Å²) in [5, 5.41) is 0. The molecule has 0 spiro atoms. The number of hydrogen-bond donors (Lipinski definition) is 0. The number of unbranched alkanes of at least 4 members (excludes halogenated alkanes) is 6. The Morgan fingerprint density at radius 3 is 2.34 bits per heavy atom. The molecule has 1 heterocycles. The maximum absolute atomic E-state index is 13.4. The summed E-state index contributed by atoms with van der Waals surface area (Å²) in [6.45, 7) is 11.3. The van der Waals surface area contributed by atoms with E-state index in [-0.39, 0.29) is 23.0 Å². The normalized spacial score (nSPS) is 32.3. The molecule has 226 valence electrons. The Morgan fingerprint density at radius 1 is 0.927 bits per heavy atom. The third-order valence-corrected chi connectivity index (χ3v) is 11.7. The quantitative estimate of drug-likeness (QED) is 0.189. The molecule has 0 N–H and O–H groups in total. The number of carbonyl (C=O) groups is 1. The lowest BCUT2D eigenvalue weighted by Gasteiger charge is -2.57. The van der Waals surface area contributed by atoms with Crippen LogP contribution in [0.1, 0.15) is 130 Å². The Labute approximate surface area is 250 Å². The number of aromatic nitrogens is 1. The van der Waals surface area contributed by atoms with Crippen LogP contribution in [-0.4, -0.2) is 35.2 Å². The fraction of sp³-hybridized carbons (Fsp3) is 0.730. The number of allylic oxidation sites excluding steroid dienone is 3. The van der Waals surface area contributed by atoms with Gasteiger partial charge in [-0.3, -0.25) is 4.98 Å². The lowest BCUT2D eigenvalue weighted by Crippen LogP contribution is -2.50. The van der Waals surface area contributed by atoms with Crippen molar-refractivity contribution in [1.82, 2.24) is 9.88 Å². The van der Waals surface area contributed by atoms with Crippen molar-refractivity contribution in [2.24, 2.45) is 28.6 Å². The van der Waals surface area contributed by atoms with E-state index in [0.29, 0.717) is 0 Å². The fourth-order valence-corrected chi connectivity index (χ4v) is 9.24. The van der Waals surface area contributed by atoms with E-state index in [2.05, 4.69) is 63.2 Å². The molecule has 4 aliphatic carbocycles. The molecule has 6 unspecified atom stereocenters. The highest BCUT2D eigenvalue weighted by molar-refractivity contribution is 5.72. The average molecular weight is 561 g/mol. The first kappa shape index (κ1) is 30.4. The highest BCUT2D eigenvalue weighted by Crippen LogP contribution is 2.66. The summed E-state index contributed by atoms with van der Waals surface area (Å²) in [5.41, 5.74) is 4.96. The zero-order valence-corrected chi connectivity index (χ0v) is 26.5. The van der Waals surface area contributed by atoms with Gasteiger partial charge >= 0.3 is 6.09 Å². The van der Waals surface area contributed by atoms with Crippen LogP contribution in [-0.2, 0) is 4.74 Å². The van der Waals surface area contributed by atoms with Gasteiger partial charge in [0.15, 0.2) is 0 Å². The minimum absolute atomic E-state index is 0.0337. The Morgan fingerprint density at radius 2 is 1.66 bits per heavy atom. The van der Waals surface area contributed by atoms with Crippen molar-refractivity contribution in [3.8, 4) is 0 Å². The number of rotatable bonds is 12. The summed E-state index contributed by atoms with van der Waals surface area (Å²) in [6.07, 6.45) is 26.6. The smallest absolute Gasteiger partial charge is 0.410 e. The molecule has 4 heteroatoms. The highest BCUT2D eigenvalue weighted by atomic mass is 16.6.